The van der Waals surface area contributed by atoms with Crippen LogP contribution in [0, 0.1) is 11.6 Å². The molecule has 2 rings (SSSR count). The van der Waals surface area contributed by atoms with Gasteiger partial charge in [-0.15, -0.1) is 0 Å². The van der Waals surface area contributed by atoms with Crippen LogP contribution in [-0.2, 0) is 4.79 Å². The molecular weight excluding hydrogens is 297 g/mol. The van der Waals surface area contributed by atoms with Gasteiger partial charge in [0.15, 0.2) is 17.3 Å². The predicted octanol–water partition coefficient (Wildman–Crippen LogP) is 3.84. The number of alkyl halides is 1. The zero-order valence-electron chi connectivity index (χ0n) is 11.9. The Labute approximate surface area is 124 Å². The summed E-state index contributed by atoms with van der Waals surface area (Å²) in [4.78, 5) is 15.3. The number of benzene rings is 1. The van der Waals surface area contributed by atoms with Crippen LogP contribution in [-0.4, -0.2) is 16.6 Å². The van der Waals surface area contributed by atoms with Crippen molar-refractivity contribution in [2.45, 2.75) is 19.5 Å². The van der Waals surface area contributed by atoms with Gasteiger partial charge < -0.3 is 10.1 Å². The van der Waals surface area contributed by atoms with Crippen LogP contribution in [0.2, 0.25) is 0 Å². The summed E-state index contributed by atoms with van der Waals surface area (Å²) < 4.78 is 44.5. The molecule has 7 heteroatoms. The van der Waals surface area contributed by atoms with Gasteiger partial charge in [-0.25, -0.2) is 18.2 Å². The number of carbonyl (C=O) groups is 1. The summed E-state index contributed by atoms with van der Waals surface area (Å²) in [5.74, 6) is -2.33. The second-order valence-corrected chi connectivity index (χ2v) is 4.98. The van der Waals surface area contributed by atoms with Gasteiger partial charge in [-0.1, -0.05) is 0 Å². The summed E-state index contributed by atoms with van der Waals surface area (Å²) in [5.41, 5.74) is -2.03. The van der Waals surface area contributed by atoms with Gasteiger partial charge in [0.25, 0.3) is 5.91 Å². The summed E-state index contributed by atoms with van der Waals surface area (Å²) in [7, 11) is 0. The Bertz CT molecular complexity index is 682. The van der Waals surface area contributed by atoms with Gasteiger partial charge in [-0.05, 0) is 38.1 Å². The first-order chi connectivity index (χ1) is 10.3. The van der Waals surface area contributed by atoms with Crippen molar-refractivity contribution in [3.63, 3.8) is 0 Å². The maximum atomic E-state index is 13.4. The van der Waals surface area contributed by atoms with Crippen molar-refractivity contribution in [1.82, 2.24) is 4.98 Å². The van der Waals surface area contributed by atoms with Crippen LogP contribution in [0.15, 0.2) is 36.5 Å². The van der Waals surface area contributed by atoms with Crippen molar-refractivity contribution in [1.29, 1.82) is 0 Å². The smallest absolute Gasteiger partial charge is 0.262 e. The number of hydrogen-bond donors (Lipinski definition) is 1. The van der Waals surface area contributed by atoms with Gasteiger partial charge in [0, 0.05) is 6.07 Å². The Morgan fingerprint density at radius 2 is 1.82 bits per heavy atom. The normalized spacial score (nSPS) is 11.1. The van der Waals surface area contributed by atoms with Crippen LogP contribution in [0.1, 0.15) is 13.8 Å². The monoisotopic (exact) mass is 310 g/mol. The molecule has 1 amide bonds. The van der Waals surface area contributed by atoms with Crippen LogP contribution < -0.4 is 10.1 Å². The van der Waals surface area contributed by atoms with Crippen molar-refractivity contribution < 1.29 is 22.7 Å². The fraction of sp³-hybridized carbons (Fsp3) is 0.200. The minimum Gasteiger partial charge on any atom is -0.456 e. The van der Waals surface area contributed by atoms with E-state index in [9.17, 15) is 18.0 Å². The summed E-state index contributed by atoms with van der Waals surface area (Å²) in [6.45, 7) is 2.26. The lowest BCUT2D eigenvalue weighted by molar-refractivity contribution is -0.125. The number of ether oxygens (including phenoxy) is 1. The number of carbonyl (C=O) groups excluding carboxylic acids is 1. The van der Waals surface area contributed by atoms with E-state index in [0.29, 0.717) is 0 Å². The molecule has 0 saturated heterocycles. The van der Waals surface area contributed by atoms with E-state index in [1.54, 1.807) is 0 Å². The lowest BCUT2D eigenvalue weighted by Crippen LogP contribution is -2.32. The maximum absolute atomic E-state index is 13.4. The highest BCUT2D eigenvalue weighted by Crippen LogP contribution is 2.23. The Morgan fingerprint density at radius 3 is 2.36 bits per heavy atom. The predicted molar refractivity (Wildman–Crippen MR) is 74.5 cm³/mol. The highest BCUT2D eigenvalue weighted by molar-refractivity contribution is 5.95. The topological polar surface area (TPSA) is 51.2 Å². The van der Waals surface area contributed by atoms with E-state index in [2.05, 4.69) is 10.3 Å². The molecule has 0 saturated carbocycles. The van der Waals surface area contributed by atoms with Crippen molar-refractivity contribution in [3.8, 4) is 11.5 Å². The zero-order valence-corrected chi connectivity index (χ0v) is 11.9. The summed E-state index contributed by atoms with van der Waals surface area (Å²) in [6, 6.07) is 5.96. The van der Waals surface area contributed by atoms with E-state index in [1.807, 2.05) is 0 Å². The van der Waals surface area contributed by atoms with E-state index in [1.165, 1.54) is 24.4 Å². The van der Waals surface area contributed by atoms with Crippen LogP contribution >= 0.6 is 0 Å². The Hall–Kier alpha value is -2.57. The lowest BCUT2D eigenvalue weighted by atomic mass is 10.1. The zero-order chi connectivity index (χ0) is 16.3. The standard InChI is InChI=1S/C15H13F3N2O2/c1-15(2,18)14(21)20-13-6-4-10(8-19-13)22-9-3-5-11(16)12(17)7-9/h3-8H,1-2H3,(H,19,20,21). The number of aromatic nitrogens is 1. The van der Waals surface area contributed by atoms with Gasteiger partial charge in [0.2, 0.25) is 0 Å². The van der Waals surface area contributed by atoms with Crippen LogP contribution in [0.4, 0.5) is 19.0 Å². The second kappa shape index (κ2) is 6.05. The average Bonchev–Trinajstić information content (AvgIpc) is 2.44. The van der Waals surface area contributed by atoms with E-state index in [4.69, 9.17) is 4.74 Å². The first-order valence-electron chi connectivity index (χ1n) is 6.35. The van der Waals surface area contributed by atoms with Gasteiger partial charge >= 0.3 is 0 Å². The molecule has 1 heterocycles. The third-order valence-corrected chi connectivity index (χ3v) is 2.64. The van der Waals surface area contributed by atoms with E-state index in [0.717, 1.165) is 26.0 Å². The number of nitrogens with one attached hydrogen (secondary N) is 1. The SMILES string of the molecule is CC(C)(F)C(=O)Nc1ccc(Oc2ccc(F)c(F)c2)cn1. The van der Waals surface area contributed by atoms with Crippen molar-refractivity contribution in [2.24, 2.45) is 0 Å². The fourth-order valence-electron chi connectivity index (χ4n) is 1.46. The molecule has 0 aliphatic carbocycles. The molecule has 2 aromatic rings. The van der Waals surface area contributed by atoms with E-state index < -0.39 is 23.2 Å². The molecule has 0 atom stereocenters. The van der Waals surface area contributed by atoms with Gasteiger partial charge in [0.1, 0.15) is 17.3 Å². The van der Waals surface area contributed by atoms with Gasteiger partial charge in [-0.2, -0.15) is 0 Å². The first kappa shape index (κ1) is 15.8. The Kier molecular flexibility index (Phi) is 4.35. The minimum atomic E-state index is -2.03. The number of hydrogen-bond acceptors (Lipinski definition) is 3. The maximum Gasteiger partial charge on any atom is 0.262 e. The number of anilines is 1. The highest BCUT2D eigenvalue weighted by atomic mass is 19.2. The van der Waals surface area contributed by atoms with Crippen molar-refractivity contribution >= 4 is 11.7 Å². The molecule has 0 fully saturated rings. The number of rotatable bonds is 4. The second-order valence-electron chi connectivity index (χ2n) is 4.98. The molecule has 0 aliphatic rings. The molecule has 0 radical (unpaired) electrons. The molecule has 0 aliphatic heterocycles. The molecule has 1 aromatic heterocycles. The van der Waals surface area contributed by atoms with Gasteiger partial charge in [-0.3, -0.25) is 4.79 Å². The van der Waals surface area contributed by atoms with Crippen molar-refractivity contribution in [2.75, 3.05) is 5.32 Å². The molecule has 1 aromatic carbocycles. The molecule has 116 valence electrons. The number of nitrogens with zero attached hydrogens (tertiary/aromatic N) is 1. The van der Waals surface area contributed by atoms with E-state index in [-0.39, 0.29) is 17.3 Å². The highest BCUT2D eigenvalue weighted by Gasteiger charge is 2.26. The Morgan fingerprint density at radius 1 is 1.14 bits per heavy atom. The molecule has 0 spiro atoms. The molecule has 1 N–H and O–H groups in total. The first-order valence-corrected chi connectivity index (χ1v) is 6.35. The molecule has 0 unspecified atom stereocenters. The lowest BCUT2D eigenvalue weighted by Gasteiger charge is -2.13. The number of pyridine rings is 1. The van der Waals surface area contributed by atoms with Crippen LogP contribution in [0.5, 0.6) is 11.5 Å². The molecule has 22 heavy (non-hydrogen) atoms. The van der Waals surface area contributed by atoms with Gasteiger partial charge in [0.05, 0.1) is 6.20 Å². The summed E-state index contributed by atoms with van der Waals surface area (Å²) >= 11 is 0. The largest absolute Gasteiger partial charge is 0.456 e. The quantitative estimate of drug-likeness (QED) is 0.933. The van der Waals surface area contributed by atoms with Crippen molar-refractivity contribution in [3.05, 3.63) is 48.2 Å². The number of amides is 1. The van der Waals surface area contributed by atoms with Crippen LogP contribution in [0.3, 0.4) is 0 Å². The summed E-state index contributed by atoms with van der Waals surface area (Å²) in [5, 5.41) is 2.30. The summed E-state index contributed by atoms with van der Waals surface area (Å²) in [6.07, 6.45) is 1.27. The minimum absolute atomic E-state index is 0.0994. The molecule has 4 nitrogen and oxygen atoms in total. The third-order valence-electron chi connectivity index (χ3n) is 2.64. The van der Waals surface area contributed by atoms with Crippen LogP contribution in [0.25, 0.3) is 0 Å². The fourth-order valence-corrected chi connectivity index (χ4v) is 1.46. The third kappa shape index (κ3) is 3.97. The average molecular weight is 310 g/mol. The number of halogens is 3. The Balaban J connectivity index is 2.06. The molecule has 0 bridgehead atoms. The molecular formula is C15H13F3N2O2. The van der Waals surface area contributed by atoms with E-state index >= 15 is 0 Å².